The lowest BCUT2D eigenvalue weighted by atomic mass is 10.5. The summed E-state index contributed by atoms with van der Waals surface area (Å²) in [6.45, 7) is 4.40. The highest BCUT2D eigenvalue weighted by Gasteiger charge is 1.98. The summed E-state index contributed by atoms with van der Waals surface area (Å²) < 4.78 is 26.5. The third kappa shape index (κ3) is 16.0. The third-order valence-electron chi connectivity index (χ3n) is 2.02. The van der Waals surface area contributed by atoms with Crippen molar-refractivity contribution in [2.75, 3.05) is 64.4 Å². The molecular weight excluding hydrogens is 367 g/mol. The molecule has 0 fully saturated rings. The van der Waals surface area contributed by atoms with Crippen LogP contribution in [0.5, 0.6) is 0 Å². The highest BCUT2D eigenvalue weighted by molar-refractivity contribution is 14.1. The maximum absolute atomic E-state index is 10.8. The zero-order chi connectivity index (χ0) is 14.2. The molecule has 0 aromatic heterocycles. The van der Waals surface area contributed by atoms with E-state index in [1.54, 1.807) is 0 Å². The molecule has 7 heteroatoms. The molecule has 0 heterocycles. The van der Waals surface area contributed by atoms with Crippen molar-refractivity contribution in [1.82, 2.24) is 0 Å². The maximum Gasteiger partial charge on any atom is 0.307 e. The van der Waals surface area contributed by atoms with Crippen LogP contribution in [0.4, 0.5) is 0 Å². The summed E-state index contributed by atoms with van der Waals surface area (Å²) in [7, 11) is 1.36. The van der Waals surface area contributed by atoms with Gasteiger partial charge in [0.15, 0.2) is 0 Å². The molecule has 0 aromatic rings. The predicted octanol–water partition coefficient (Wildman–Crippen LogP) is 1.05. The fourth-order valence-electron chi connectivity index (χ4n) is 1.07. The standard InChI is InChI=1S/C12H23IO6/c1-15-12(14)2-4-16-6-8-18-10-11-19-9-7-17-5-3-13/h2-11H2,1H3. The molecule has 0 radical (unpaired) electrons. The van der Waals surface area contributed by atoms with E-state index in [0.29, 0.717) is 46.2 Å². The summed E-state index contributed by atoms with van der Waals surface area (Å²) in [5.41, 5.74) is 0. The predicted molar refractivity (Wildman–Crippen MR) is 78.8 cm³/mol. The summed E-state index contributed by atoms with van der Waals surface area (Å²) in [6, 6.07) is 0. The third-order valence-corrected chi connectivity index (χ3v) is 2.46. The van der Waals surface area contributed by atoms with E-state index in [2.05, 4.69) is 27.3 Å². The monoisotopic (exact) mass is 390 g/mol. The molecular formula is C12H23IO6. The van der Waals surface area contributed by atoms with E-state index >= 15 is 0 Å². The molecule has 0 atom stereocenters. The molecule has 0 bridgehead atoms. The van der Waals surface area contributed by atoms with Crippen LogP contribution < -0.4 is 0 Å². The van der Waals surface area contributed by atoms with Crippen molar-refractivity contribution in [1.29, 1.82) is 0 Å². The first-order chi connectivity index (χ1) is 9.31. The van der Waals surface area contributed by atoms with Gasteiger partial charge in [-0.25, -0.2) is 0 Å². The van der Waals surface area contributed by atoms with Gasteiger partial charge in [-0.15, -0.1) is 0 Å². The molecule has 0 aliphatic heterocycles. The number of halogens is 1. The van der Waals surface area contributed by atoms with Crippen LogP contribution in [0.2, 0.25) is 0 Å². The fraction of sp³-hybridized carbons (Fsp3) is 0.917. The Hall–Kier alpha value is 0.0400. The van der Waals surface area contributed by atoms with Crippen LogP contribution in [0.3, 0.4) is 0 Å². The molecule has 0 aliphatic rings. The Bertz CT molecular complexity index is 203. The summed E-state index contributed by atoms with van der Waals surface area (Å²) in [5.74, 6) is -0.265. The quantitative estimate of drug-likeness (QED) is 0.191. The lowest BCUT2D eigenvalue weighted by molar-refractivity contribution is -0.141. The van der Waals surface area contributed by atoms with Gasteiger partial charge in [0.05, 0.1) is 66.4 Å². The second-order valence-corrected chi connectivity index (χ2v) is 4.54. The van der Waals surface area contributed by atoms with E-state index in [9.17, 15) is 4.79 Å². The largest absolute Gasteiger partial charge is 0.469 e. The van der Waals surface area contributed by atoms with Crippen LogP contribution in [-0.2, 0) is 28.5 Å². The van der Waals surface area contributed by atoms with E-state index < -0.39 is 0 Å². The average molecular weight is 390 g/mol. The molecule has 0 saturated carbocycles. The Balaban J connectivity index is 2.97. The van der Waals surface area contributed by atoms with Crippen LogP contribution >= 0.6 is 22.6 Å². The zero-order valence-electron chi connectivity index (χ0n) is 11.4. The minimum absolute atomic E-state index is 0.265. The topological polar surface area (TPSA) is 63.2 Å². The molecule has 0 N–H and O–H groups in total. The lowest BCUT2D eigenvalue weighted by Gasteiger charge is -2.06. The minimum Gasteiger partial charge on any atom is -0.469 e. The van der Waals surface area contributed by atoms with Crippen LogP contribution in [0.25, 0.3) is 0 Å². The number of hydrogen-bond donors (Lipinski definition) is 0. The molecule has 0 spiro atoms. The number of esters is 1. The van der Waals surface area contributed by atoms with Gasteiger partial charge in [-0.05, 0) is 0 Å². The van der Waals surface area contributed by atoms with Gasteiger partial charge in [-0.1, -0.05) is 22.6 Å². The SMILES string of the molecule is COC(=O)CCOCCOCCOCCOCCI. The van der Waals surface area contributed by atoms with Gasteiger partial charge in [-0.3, -0.25) is 4.79 Å². The highest BCUT2D eigenvalue weighted by atomic mass is 127. The normalized spacial score (nSPS) is 10.6. The first kappa shape index (κ1) is 19.0. The number of alkyl halides is 1. The summed E-state index contributed by atoms with van der Waals surface area (Å²) in [5, 5.41) is 0. The summed E-state index contributed by atoms with van der Waals surface area (Å²) >= 11 is 2.26. The van der Waals surface area contributed by atoms with Crippen molar-refractivity contribution in [3.8, 4) is 0 Å². The Morgan fingerprint density at radius 2 is 1.21 bits per heavy atom. The van der Waals surface area contributed by atoms with Crippen molar-refractivity contribution < 1.29 is 28.5 Å². The van der Waals surface area contributed by atoms with E-state index in [1.165, 1.54) is 7.11 Å². The number of carbonyl (C=O) groups is 1. The van der Waals surface area contributed by atoms with Gasteiger partial charge < -0.3 is 23.7 Å². The van der Waals surface area contributed by atoms with Crippen molar-refractivity contribution in [3.05, 3.63) is 0 Å². The van der Waals surface area contributed by atoms with E-state index in [4.69, 9.17) is 18.9 Å². The Morgan fingerprint density at radius 3 is 1.63 bits per heavy atom. The molecule has 114 valence electrons. The Morgan fingerprint density at radius 1 is 0.789 bits per heavy atom. The van der Waals surface area contributed by atoms with Gasteiger partial charge >= 0.3 is 5.97 Å². The highest BCUT2D eigenvalue weighted by Crippen LogP contribution is 1.87. The smallest absolute Gasteiger partial charge is 0.307 e. The van der Waals surface area contributed by atoms with E-state index in [-0.39, 0.29) is 12.4 Å². The van der Waals surface area contributed by atoms with Crippen molar-refractivity contribution in [2.45, 2.75) is 6.42 Å². The van der Waals surface area contributed by atoms with Gasteiger partial charge in [0.25, 0.3) is 0 Å². The number of ether oxygens (including phenoxy) is 5. The lowest BCUT2D eigenvalue weighted by Crippen LogP contribution is -2.13. The number of rotatable bonds is 14. The minimum atomic E-state index is -0.265. The molecule has 0 aliphatic carbocycles. The van der Waals surface area contributed by atoms with Gasteiger partial charge in [0.2, 0.25) is 0 Å². The molecule has 0 amide bonds. The number of hydrogen-bond acceptors (Lipinski definition) is 6. The van der Waals surface area contributed by atoms with Crippen molar-refractivity contribution >= 4 is 28.6 Å². The molecule has 19 heavy (non-hydrogen) atoms. The van der Waals surface area contributed by atoms with Crippen LogP contribution in [-0.4, -0.2) is 70.4 Å². The van der Waals surface area contributed by atoms with Crippen LogP contribution in [0.15, 0.2) is 0 Å². The van der Waals surface area contributed by atoms with E-state index in [0.717, 1.165) is 11.0 Å². The second-order valence-electron chi connectivity index (χ2n) is 3.46. The first-order valence-corrected chi connectivity index (χ1v) is 7.77. The van der Waals surface area contributed by atoms with Gasteiger partial charge in [-0.2, -0.15) is 0 Å². The maximum atomic E-state index is 10.8. The van der Waals surface area contributed by atoms with Gasteiger partial charge in [0.1, 0.15) is 0 Å². The summed E-state index contributed by atoms with van der Waals surface area (Å²) in [4.78, 5) is 10.8. The Labute approximate surface area is 128 Å². The van der Waals surface area contributed by atoms with Crippen LogP contribution in [0, 0.1) is 0 Å². The van der Waals surface area contributed by atoms with Crippen molar-refractivity contribution in [2.24, 2.45) is 0 Å². The fourth-order valence-corrected chi connectivity index (χ4v) is 1.39. The summed E-state index contributed by atoms with van der Waals surface area (Å²) in [6.07, 6.45) is 0.275. The van der Waals surface area contributed by atoms with Gasteiger partial charge in [0, 0.05) is 4.43 Å². The zero-order valence-corrected chi connectivity index (χ0v) is 13.6. The second kappa shape index (κ2) is 16.1. The Kier molecular flexibility index (Phi) is 16.1. The first-order valence-electron chi connectivity index (χ1n) is 6.25. The van der Waals surface area contributed by atoms with E-state index in [1.807, 2.05) is 0 Å². The van der Waals surface area contributed by atoms with Crippen LogP contribution in [0.1, 0.15) is 6.42 Å². The molecule has 0 saturated heterocycles. The molecule has 0 rings (SSSR count). The molecule has 0 unspecified atom stereocenters. The number of carbonyl (C=O) groups excluding carboxylic acids is 1. The molecule has 6 nitrogen and oxygen atoms in total. The number of methoxy groups -OCH3 is 1. The average Bonchev–Trinajstić information content (AvgIpc) is 2.43. The van der Waals surface area contributed by atoms with Crippen molar-refractivity contribution in [3.63, 3.8) is 0 Å². The molecule has 0 aromatic carbocycles.